The first-order valence-corrected chi connectivity index (χ1v) is 6.72. The summed E-state index contributed by atoms with van der Waals surface area (Å²) in [6, 6.07) is 5.64. The number of hydrogen-bond acceptors (Lipinski definition) is 4. The highest BCUT2D eigenvalue weighted by molar-refractivity contribution is 5.98. The quantitative estimate of drug-likeness (QED) is 0.667. The van der Waals surface area contributed by atoms with E-state index in [2.05, 4.69) is 5.32 Å². The van der Waals surface area contributed by atoms with E-state index in [1.165, 1.54) is 24.3 Å². The largest absolute Gasteiger partial charge is 0.478 e. The van der Waals surface area contributed by atoms with Crippen LogP contribution in [-0.4, -0.2) is 33.2 Å². The van der Waals surface area contributed by atoms with E-state index in [0.717, 1.165) is 0 Å². The number of allylic oxidation sites excluding steroid dienone is 2. The molecule has 0 spiro atoms. The van der Waals surface area contributed by atoms with Gasteiger partial charge in [-0.3, -0.25) is 0 Å². The highest BCUT2D eigenvalue weighted by Gasteiger charge is 2.36. The Morgan fingerprint density at radius 3 is 1.87 bits per heavy atom. The van der Waals surface area contributed by atoms with Gasteiger partial charge in [-0.25, -0.2) is 14.4 Å². The van der Waals surface area contributed by atoms with E-state index in [1.54, 1.807) is 13.8 Å². The fourth-order valence-electron chi connectivity index (χ4n) is 2.75. The van der Waals surface area contributed by atoms with Crippen LogP contribution in [0.15, 0.2) is 46.8 Å². The Balaban J connectivity index is 2.72. The minimum Gasteiger partial charge on any atom is -0.478 e. The number of aliphatic carboxylic acids is 2. The van der Waals surface area contributed by atoms with Crippen LogP contribution < -0.4 is 5.32 Å². The summed E-state index contributed by atoms with van der Waals surface area (Å²) < 4.78 is 0. The molecule has 1 heterocycles. The number of carboxylic acid groups (broad SMARTS) is 3. The minimum atomic E-state index is -1.26. The van der Waals surface area contributed by atoms with Crippen LogP contribution in [0.2, 0.25) is 0 Å². The summed E-state index contributed by atoms with van der Waals surface area (Å²) in [6.45, 7) is 3.08. The molecule has 1 aromatic rings. The van der Waals surface area contributed by atoms with Gasteiger partial charge in [0.05, 0.1) is 22.6 Å². The average Bonchev–Trinajstić information content (AvgIpc) is 2.45. The maximum atomic E-state index is 11.6. The molecule has 7 heteroatoms. The fourth-order valence-corrected chi connectivity index (χ4v) is 2.75. The van der Waals surface area contributed by atoms with E-state index >= 15 is 0 Å². The lowest BCUT2D eigenvalue weighted by atomic mass is 9.80. The van der Waals surface area contributed by atoms with Gasteiger partial charge in [-0.2, -0.15) is 0 Å². The van der Waals surface area contributed by atoms with Crippen LogP contribution in [0.25, 0.3) is 0 Å². The summed E-state index contributed by atoms with van der Waals surface area (Å²) in [5, 5.41) is 30.8. The van der Waals surface area contributed by atoms with Gasteiger partial charge in [0.25, 0.3) is 0 Å². The summed E-state index contributed by atoms with van der Waals surface area (Å²) in [6.07, 6.45) is 0. The molecule has 1 aliphatic heterocycles. The number of hydrogen-bond donors (Lipinski definition) is 4. The molecule has 0 amide bonds. The predicted octanol–water partition coefficient (Wildman–Crippen LogP) is 1.79. The molecule has 0 fully saturated rings. The lowest BCUT2D eigenvalue weighted by Crippen LogP contribution is -2.31. The number of dihydropyridines is 1. The summed E-state index contributed by atoms with van der Waals surface area (Å²) >= 11 is 0. The second-order valence-corrected chi connectivity index (χ2v) is 5.18. The van der Waals surface area contributed by atoms with Gasteiger partial charge in [-0.05, 0) is 31.5 Å². The summed E-state index contributed by atoms with van der Waals surface area (Å²) in [5.41, 5.74) is 0.688. The molecule has 7 nitrogen and oxygen atoms in total. The van der Waals surface area contributed by atoms with Gasteiger partial charge in [0.1, 0.15) is 0 Å². The van der Waals surface area contributed by atoms with Crippen LogP contribution in [0.3, 0.4) is 0 Å². The van der Waals surface area contributed by atoms with Crippen molar-refractivity contribution in [2.24, 2.45) is 0 Å². The van der Waals surface area contributed by atoms with Gasteiger partial charge in [0.15, 0.2) is 0 Å². The molecule has 1 aromatic carbocycles. The van der Waals surface area contributed by atoms with Gasteiger partial charge in [-0.1, -0.05) is 12.1 Å². The first-order valence-electron chi connectivity index (χ1n) is 6.72. The highest BCUT2D eigenvalue weighted by atomic mass is 16.4. The van der Waals surface area contributed by atoms with Gasteiger partial charge in [0.2, 0.25) is 0 Å². The van der Waals surface area contributed by atoms with E-state index in [-0.39, 0.29) is 16.7 Å². The molecule has 2 rings (SSSR count). The third-order valence-corrected chi connectivity index (χ3v) is 3.69. The SMILES string of the molecule is CC1=C(C(=O)O)C(c2cccc(C(=O)O)c2)C(C(=O)O)=C(C)N1. The van der Waals surface area contributed by atoms with E-state index in [0.29, 0.717) is 17.0 Å². The molecule has 0 aliphatic carbocycles. The molecule has 120 valence electrons. The Kier molecular flexibility index (Phi) is 4.22. The number of carbonyl (C=O) groups is 3. The number of nitrogens with one attached hydrogen (secondary N) is 1. The van der Waals surface area contributed by atoms with Crippen LogP contribution in [-0.2, 0) is 9.59 Å². The van der Waals surface area contributed by atoms with Crippen LogP contribution in [0.4, 0.5) is 0 Å². The standard InChI is InChI=1S/C16H15NO6/c1-7-11(15(20)21)13(12(16(22)23)8(2)17-7)9-4-3-5-10(6-9)14(18)19/h3-6,13,17H,1-2H3,(H,18,19)(H,20,21)(H,22,23). The third kappa shape index (κ3) is 2.94. The lowest BCUT2D eigenvalue weighted by molar-refractivity contribution is -0.133. The number of benzene rings is 1. The van der Waals surface area contributed by atoms with Crippen LogP contribution in [0, 0.1) is 0 Å². The van der Waals surface area contributed by atoms with Crippen molar-refractivity contribution in [3.63, 3.8) is 0 Å². The molecule has 0 unspecified atom stereocenters. The number of aromatic carboxylic acids is 1. The molecule has 1 aliphatic rings. The van der Waals surface area contributed by atoms with Crippen molar-refractivity contribution in [2.75, 3.05) is 0 Å². The maximum Gasteiger partial charge on any atom is 0.335 e. The van der Waals surface area contributed by atoms with Crippen molar-refractivity contribution < 1.29 is 29.7 Å². The Hall–Kier alpha value is -3.09. The van der Waals surface area contributed by atoms with Gasteiger partial charge < -0.3 is 20.6 Å². The van der Waals surface area contributed by atoms with Gasteiger partial charge in [-0.15, -0.1) is 0 Å². The summed E-state index contributed by atoms with van der Waals surface area (Å²) in [5.74, 6) is -4.74. The monoisotopic (exact) mass is 317 g/mol. The predicted molar refractivity (Wildman–Crippen MR) is 79.9 cm³/mol. The Labute approximate surface area is 131 Å². The molecular formula is C16H15NO6. The van der Waals surface area contributed by atoms with Crippen molar-refractivity contribution >= 4 is 17.9 Å². The second kappa shape index (κ2) is 5.96. The zero-order chi connectivity index (χ0) is 17.3. The highest BCUT2D eigenvalue weighted by Crippen LogP contribution is 2.38. The first-order chi connectivity index (χ1) is 10.7. The fraction of sp³-hybridized carbons (Fsp3) is 0.188. The summed E-state index contributed by atoms with van der Waals surface area (Å²) in [7, 11) is 0. The van der Waals surface area contributed by atoms with Crippen molar-refractivity contribution in [1.82, 2.24) is 5.32 Å². The van der Waals surface area contributed by atoms with E-state index in [9.17, 15) is 24.6 Å². The maximum absolute atomic E-state index is 11.6. The zero-order valence-corrected chi connectivity index (χ0v) is 12.5. The second-order valence-electron chi connectivity index (χ2n) is 5.18. The average molecular weight is 317 g/mol. The van der Waals surface area contributed by atoms with Crippen LogP contribution in [0.5, 0.6) is 0 Å². The van der Waals surface area contributed by atoms with Gasteiger partial charge in [0, 0.05) is 11.4 Å². The molecule has 0 saturated carbocycles. The first kappa shape index (κ1) is 16.3. The Morgan fingerprint density at radius 2 is 1.43 bits per heavy atom. The van der Waals surface area contributed by atoms with Crippen molar-refractivity contribution in [2.45, 2.75) is 19.8 Å². The molecule has 0 saturated heterocycles. The molecule has 23 heavy (non-hydrogen) atoms. The van der Waals surface area contributed by atoms with Gasteiger partial charge >= 0.3 is 17.9 Å². The third-order valence-electron chi connectivity index (χ3n) is 3.69. The van der Waals surface area contributed by atoms with Crippen LogP contribution in [0.1, 0.15) is 35.7 Å². The van der Waals surface area contributed by atoms with Crippen LogP contribution >= 0.6 is 0 Å². The number of rotatable bonds is 4. The van der Waals surface area contributed by atoms with Crippen molar-refractivity contribution in [3.8, 4) is 0 Å². The molecule has 0 atom stereocenters. The Bertz CT molecular complexity index is 739. The number of carboxylic acids is 3. The molecule has 0 bridgehead atoms. The minimum absolute atomic E-state index is 0.0363. The molecular weight excluding hydrogens is 302 g/mol. The zero-order valence-electron chi connectivity index (χ0n) is 12.5. The van der Waals surface area contributed by atoms with E-state index in [4.69, 9.17) is 5.11 Å². The normalized spacial score (nSPS) is 15.4. The topological polar surface area (TPSA) is 124 Å². The molecule has 0 aromatic heterocycles. The van der Waals surface area contributed by atoms with Crippen molar-refractivity contribution in [3.05, 3.63) is 57.9 Å². The molecule has 4 N–H and O–H groups in total. The van der Waals surface area contributed by atoms with Crippen molar-refractivity contribution in [1.29, 1.82) is 0 Å². The summed E-state index contributed by atoms with van der Waals surface area (Å²) in [4.78, 5) is 34.4. The smallest absolute Gasteiger partial charge is 0.335 e. The molecule has 0 radical (unpaired) electrons. The van der Waals surface area contributed by atoms with E-state index in [1.807, 2.05) is 0 Å². The van der Waals surface area contributed by atoms with E-state index < -0.39 is 23.8 Å². The lowest BCUT2D eigenvalue weighted by Gasteiger charge is -2.28. The Morgan fingerprint density at radius 1 is 0.913 bits per heavy atom.